The maximum absolute atomic E-state index is 12.0. The normalized spacial score (nSPS) is 27.5. The molecule has 15 heavy (non-hydrogen) atoms. The van der Waals surface area contributed by atoms with Gasteiger partial charge in [0.25, 0.3) is 0 Å². The largest absolute Gasteiger partial charge is 0.381 e. The van der Waals surface area contributed by atoms with Crippen LogP contribution in [-0.2, 0) is 9.53 Å². The fourth-order valence-corrected chi connectivity index (χ4v) is 2.19. The fraction of sp³-hybridized carbons (Fsp3) is 0.900. The summed E-state index contributed by atoms with van der Waals surface area (Å²) >= 11 is 0. The molecule has 0 aromatic rings. The second kappa shape index (κ2) is 5.68. The minimum absolute atomic E-state index is 0. The quantitative estimate of drug-likeness (QED) is 0.715. The smallest absolute Gasteiger partial charge is 0.225 e. The van der Waals surface area contributed by atoms with E-state index in [0.717, 1.165) is 45.6 Å². The highest BCUT2D eigenvalue weighted by molar-refractivity contribution is 5.85. The van der Waals surface area contributed by atoms with Gasteiger partial charge in [0, 0.05) is 38.3 Å². The van der Waals surface area contributed by atoms with E-state index < -0.39 is 0 Å². The molecular formula is C10H19ClN2O2. The second-order valence-electron chi connectivity index (χ2n) is 4.22. The number of nitrogens with two attached hydrogens (primary N) is 1. The van der Waals surface area contributed by atoms with Crippen molar-refractivity contribution < 1.29 is 9.53 Å². The standard InChI is InChI=1S/C10H18N2O2.ClH/c11-9-1-4-12(7-9)10(13)8-2-5-14-6-3-8;/h8-9H,1-7,11H2;1H/t9-;/m0./s1. The van der Waals surface area contributed by atoms with Crippen LogP contribution in [0.25, 0.3) is 0 Å². The first-order valence-electron chi connectivity index (χ1n) is 5.39. The lowest BCUT2D eigenvalue weighted by atomic mass is 9.99. The van der Waals surface area contributed by atoms with Gasteiger partial charge in [-0.05, 0) is 19.3 Å². The molecule has 0 aromatic carbocycles. The van der Waals surface area contributed by atoms with Crippen molar-refractivity contribution in [3.63, 3.8) is 0 Å². The van der Waals surface area contributed by atoms with E-state index in [1.807, 2.05) is 4.90 Å². The second-order valence-corrected chi connectivity index (χ2v) is 4.22. The monoisotopic (exact) mass is 234 g/mol. The van der Waals surface area contributed by atoms with Crippen LogP contribution >= 0.6 is 12.4 Å². The number of ether oxygens (including phenoxy) is 1. The van der Waals surface area contributed by atoms with Gasteiger partial charge in [0.15, 0.2) is 0 Å². The van der Waals surface area contributed by atoms with Crippen molar-refractivity contribution >= 4 is 18.3 Å². The van der Waals surface area contributed by atoms with Crippen LogP contribution in [0, 0.1) is 5.92 Å². The summed E-state index contributed by atoms with van der Waals surface area (Å²) < 4.78 is 5.24. The molecule has 0 unspecified atom stereocenters. The Hall–Kier alpha value is -0.320. The number of carbonyl (C=O) groups excluding carboxylic acids is 1. The van der Waals surface area contributed by atoms with Crippen LogP contribution in [0.15, 0.2) is 0 Å². The lowest BCUT2D eigenvalue weighted by Crippen LogP contribution is -2.38. The first-order valence-corrected chi connectivity index (χ1v) is 5.39. The van der Waals surface area contributed by atoms with E-state index in [1.165, 1.54) is 0 Å². The van der Waals surface area contributed by atoms with Crippen molar-refractivity contribution in [3.05, 3.63) is 0 Å². The first kappa shape index (κ1) is 12.7. The SMILES string of the molecule is Cl.N[C@H]1CCN(C(=O)C2CCOCC2)C1. The van der Waals surface area contributed by atoms with Crippen LogP contribution in [0.3, 0.4) is 0 Å². The molecule has 0 aliphatic carbocycles. The molecule has 0 spiro atoms. The molecule has 5 heteroatoms. The number of hydrogen-bond donors (Lipinski definition) is 1. The van der Waals surface area contributed by atoms with Crippen molar-refractivity contribution in [1.29, 1.82) is 0 Å². The number of hydrogen-bond acceptors (Lipinski definition) is 3. The van der Waals surface area contributed by atoms with Crippen LogP contribution in [0.2, 0.25) is 0 Å². The van der Waals surface area contributed by atoms with E-state index in [4.69, 9.17) is 10.5 Å². The maximum atomic E-state index is 12.0. The minimum Gasteiger partial charge on any atom is -0.381 e. The van der Waals surface area contributed by atoms with Gasteiger partial charge in [0.1, 0.15) is 0 Å². The molecule has 2 aliphatic rings. The summed E-state index contributed by atoms with van der Waals surface area (Å²) in [6, 6.07) is 0.193. The lowest BCUT2D eigenvalue weighted by molar-refractivity contribution is -0.137. The Balaban J connectivity index is 0.00000112. The zero-order chi connectivity index (χ0) is 9.97. The lowest BCUT2D eigenvalue weighted by Gasteiger charge is -2.26. The van der Waals surface area contributed by atoms with Gasteiger partial charge in [-0.15, -0.1) is 12.4 Å². The molecule has 0 radical (unpaired) electrons. The van der Waals surface area contributed by atoms with E-state index in [1.54, 1.807) is 0 Å². The molecule has 0 saturated carbocycles. The van der Waals surface area contributed by atoms with Crippen LogP contribution in [0.4, 0.5) is 0 Å². The van der Waals surface area contributed by atoms with Crippen LogP contribution < -0.4 is 5.73 Å². The fourth-order valence-electron chi connectivity index (χ4n) is 2.19. The molecule has 2 aliphatic heterocycles. The molecule has 2 fully saturated rings. The summed E-state index contributed by atoms with van der Waals surface area (Å²) in [6.45, 7) is 3.06. The number of carbonyl (C=O) groups is 1. The molecule has 4 nitrogen and oxygen atoms in total. The third-order valence-electron chi connectivity index (χ3n) is 3.11. The topological polar surface area (TPSA) is 55.6 Å². The summed E-state index contributed by atoms with van der Waals surface area (Å²) in [5, 5.41) is 0. The van der Waals surface area contributed by atoms with E-state index in [0.29, 0.717) is 5.91 Å². The van der Waals surface area contributed by atoms with Gasteiger partial charge in [0.05, 0.1) is 0 Å². The Morgan fingerprint density at radius 1 is 1.27 bits per heavy atom. The molecular weight excluding hydrogens is 216 g/mol. The molecule has 2 heterocycles. The summed E-state index contributed by atoms with van der Waals surface area (Å²) in [4.78, 5) is 13.9. The number of halogens is 1. The van der Waals surface area contributed by atoms with Gasteiger partial charge in [-0.3, -0.25) is 4.79 Å². The molecule has 1 amide bonds. The van der Waals surface area contributed by atoms with Gasteiger partial charge in [-0.25, -0.2) is 0 Å². The third kappa shape index (κ3) is 3.06. The van der Waals surface area contributed by atoms with E-state index in [9.17, 15) is 4.79 Å². The van der Waals surface area contributed by atoms with E-state index in [-0.39, 0.29) is 24.4 Å². The highest BCUT2D eigenvalue weighted by Gasteiger charge is 2.30. The molecule has 88 valence electrons. The van der Waals surface area contributed by atoms with Crippen molar-refractivity contribution in [3.8, 4) is 0 Å². The Morgan fingerprint density at radius 3 is 2.47 bits per heavy atom. The van der Waals surface area contributed by atoms with Crippen LogP contribution in [0.5, 0.6) is 0 Å². The maximum Gasteiger partial charge on any atom is 0.225 e. The van der Waals surface area contributed by atoms with Crippen molar-refractivity contribution in [1.82, 2.24) is 4.90 Å². The summed E-state index contributed by atoms with van der Waals surface area (Å²) in [5.74, 6) is 0.482. The predicted octanol–water partition coefficient (Wildman–Crippen LogP) is 0.394. The summed E-state index contributed by atoms with van der Waals surface area (Å²) in [5.41, 5.74) is 5.77. The average Bonchev–Trinajstić information content (AvgIpc) is 2.65. The van der Waals surface area contributed by atoms with E-state index >= 15 is 0 Å². The summed E-state index contributed by atoms with van der Waals surface area (Å²) in [7, 11) is 0. The van der Waals surface area contributed by atoms with Gasteiger partial charge >= 0.3 is 0 Å². The van der Waals surface area contributed by atoms with Gasteiger partial charge in [-0.2, -0.15) is 0 Å². The zero-order valence-corrected chi connectivity index (χ0v) is 9.67. The number of nitrogens with zero attached hydrogens (tertiary/aromatic N) is 1. The van der Waals surface area contributed by atoms with Crippen molar-refractivity contribution in [2.45, 2.75) is 25.3 Å². The summed E-state index contributed by atoms with van der Waals surface area (Å²) in [6.07, 6.45) is 2.71. The number of likely N-dealkylation sites (tertiary alicyclic amines) is 1. The zero-order valence-electron chi connectivity index (χ0n) is 8.85. The Kier molecular flexibility index (Phi) is 4.83. The highest BCUT2D eigenvalue weighted by Crippen LogP contribution is 2.20. The van der Waals surface area contributed by atoms with Gasteiger partial charge in [-0.1, -0.05) is 0 Å². The van der Waals surface area contributed by atoms with Gasteiger partial charge in [0.2, 0.25) is 5.91 Å². The highest BCUT2D eigenvalue weighted by atomic mass is 35.5. The Morgan fingerprint density at radius 2 is 1.93 bits per heavy atom. The van der Waals surface area contributed by atoms with Gasteiger partial charge < -0.3 is 15.4 Å². The Bertz CT molecular complexity index is 213. The predicted molar refractivity (Wildman–Crippen MR) is 60.0 cm³/mol. The number of rotatable bonds is 1. The number of amides is 1. The molecule has 2 saturated heterocycles. The molecule has 0 aromatic heterocycles. The average molecular weight is 235 g/mol. The third-order valence-corrected chi connectivity index (χ3v) is 3.11. The molecule has 2 rings (SSSR count). The molecule has 2 N–H and O–H groups in total. The van der Waals surface area contributed by atoms with Crippen LogP contribution in [-0.4, -0.2) is 43.2 Å². The minimum atomic E-state index is 0. The van der Waals surface area contributed by atoms with E-state index in [2.05, 4.69) is 0 Å². The first-order chi connectivity index (χ1) is 6.77. The molecule has 1 atom stereocenters. The van der Waals surface area contributed by atoms with Crippen molar-refractivity contribution in [2.75, 3.05) is 26.3 Å². The molecule has 0 bridgehead atoms. The van der Waals surface area contributed by atoms with Crippen LogP contribution in [0.1, 0.15) is 19.3 Å². The Labute approximate surface area is 96.5 Å². The van der Waals surface area contributed by atoms with Crippen molar-refractivity contribution in [2.24, 2.45) is 11.7 Å².